The third-order valence-corrected chi connectivity index (χ3v) is 2.49. The molecule has 0 aliphatic carbocycles. The molecule has 1 aromatic heterocycles. The fourth-order valence-corrected chi connectivity index (χ4v) is 1.72. The normalized spacial score (nSPS) is 12.0. The molecule has 0 amide bonds. The van der Waals surface area contributed by atoms with E-state index in [9.17, 15) is 23.1 Å². The molecule has 17 heavy (non-hydrogen) atoms. The topological polar surface area (TPSA) is 42.2 Å². The van der Waals surface area contributed by atoms with E-state index in [0.717, 1.165) is 10.6 Å². The highest BCUT2D eigenvalue weighted by Gasteiger charge is 2.34. The van der Waals surface area contributed by atoms with Gasteiger partial charge in [-0.05, 0) is 12.1 Å². The summed E-state index contributed by atoms with van der Waals surface area (Å²) >= 11 is 0. The van der Waals surface area contributed by atoms with Gasteiger partial charge >= 0.3 is 6.18 Å². The molecule has 2 rings (SSSR count). The number of benzene rings is 1. The van der Waals surface area contributed by atoms with Crippen molar-refractivity contribution in [2.75, 3.05) is 0 Å². The van der Waals surface area contributed by atoms with Crippen LogP contribution in [0, 0.1) is 0 Å². The maximum atomic E-state index is 12.8. The summed E-state index contributed by atoms with van der Waals surface area (Å²) in [5, 5.41) is 8.88. The number of phenolic OH excluding ortho intramolecular Hbond substituents is 1. The van der Waals surface area contributed by atoms with E-state index in [4.69, 9.17) is 0 Å². The summed E-state index contributed by atoms with van der Waals surface area (Å²) in [6.07, 6.45) is -3.94. The highest BCUT2D eigenvalue weighted by molar-refractivity contribution is 5.90. The molecule has 1 heterocycles. The highest BCUT2D eigenvalue weighted by Crippen LogP contribution is 2.37. The van der Waals surface area contributed by atoms with Crippen LogP contribution in [0.25, 0.3) is 10.8 Å². The molecule has 1 N–H and O–H groups in total. The maximum absolute atomic E-state index is 12.8. The number of aromatic nitrogens is 1. The summed E-state index contributed by atoms with van der Waals surface area (Å²) in [7, 11) is 1.24. The predicted molar refractivity (Wildman–Crippen MR) is 55.9 cm³/mol. The number of aryl methyl sites for hydroxylation is 1. The summed E-state index contributed by atoms with van der Waals surface area (Å²) in [5.41, 5.74) is -1.60. The second-order valence-corrected chi connectivity index (χ2v) is 3.66. The Labute approximate surface area is 93.7 Å². The van der Waals surface area contributed by atoms with Gasteiger partial charge in [-0.1, -0.05) is 6.07 Å². The lowest BCUT2D eigenvalue weighted by Crippen LogP contribution is -2.20. The zero-order chi connectivity index (χ0) is 12.8. The molecule has 3 nitrogen and oxygen atoms in total. The third-order valence-electron chi connectivity index (χ3n) is 2.49. The molecular formula is C11H8F3NO2. The van der Waals surface area contributed by atoms with E-state index in [2.05, 4.69) is 0 Å². The third kappa shape index (κ3) is 1.75. The van der Waals surface area contributed by atoms with Crippen molar-refractivity contribution >= 4 is 10.8 Å². The summed E-state index contributed by atoms with van der Waals surface area (Å²) in [6, 6.07) is 3.71. The monoisotopic (exact) mass is 243 g/mol. The van der Waals surface area contributed by atoms with Crippen molar-refractivity contribution in [1.29, 1.82) is 0 Å². The molecule has 0 saturated carbocycles. The molecule has 0 aliphatic rings. The van der Waals surface area contributed by atoms with Gasteiger partial charge in [0.2, 0.25) is 0 Å². The smallest absolute Gasteiger partial charge is 0.418 e. The van der Waals surface area contributed by atoms with Gasteiger partial charge < -0.3 is 9.67 Å². The summed E-state index contributed by atoms with van der Waals surface area (Å²) in [5.74, 6) is -0.549. The molecule has 0 aliphatic heterocycles. The van der Waals surface area contributed by atoms with Crippen LogP contribution < -0.4 is 5.56 Å². The van der Waals surface area contributed by atoms with E-state index >= 15 is 0 Å². The number of hydrogen-bond acceptors (Lipinski definition) is 2. The van der Waals surface area contributed by atoms with Gasteiger partial charge in [0, 0.05) is 18.6 Å². The number of nitrogens with zero attached hydrogens (tertiary/aromatic N) is 1. The molecule has 0 atom stereocenters. The van der Waals surface area contributed by atoms with E-state index in [0.29, 0.717) is 6.20 Å². The lowest BCUT2D eigenvalue weighted by atomic mass is 10.1. The average molecular weight is 243 g/mol. The molecule has 0 unspecified atom stereocenters. The Balaban J connectivity index is 3.05. The van der Waals surface area contributed by atoms with Crippen LogP contribution in [-0.2, 0) is 13.2 Å². The van der Waals surface area contributed by atoms with E-state index in [1.807, 2.05) is 0 Å². The minimum atomic E-state index is -4.62. The van der Waals surface area contributed by atoms with E-state index < -0.39 is 28.4 Å². The van der Waals surface area contributed by atoms with Gasteiger partial charge in [0.25, 0.3) is 5.56 Å². The van der Waals surface area contributed by atoms with Crippen molar-refractivity contribution in [3.05, 3.63) is 40.3 Å². The molecule has 0 saturated heterocycles. The first-order valence-electron chi connectivity index (χ1n) is 4.71. The van der Waals surface area contributed by atoms with Crippen molar-refractivity contribution in [1.82, 2.24) is 4.57 Å². The summed E-state index contributed by atoms with van der Waals surface area (Å²) < 4.78 is 39.2. The molecule has 90 valence electrons. The Morgan fingerprint density at radius 3 is 2.53 bits per heavy atom. The maximum Gasteiger partial charge on any atom is 0.418 e. The number of halogens is 3. The Hall–Kier alpha value is -1.98. The van der Waals surface area contributed by atoms with Crippen LogP contribution in [0.1, 0.15) is 5.56 Å². The van der Waals surface area contributed by atoms with Crippen LogP contribution in [0.4, 0.5) is 13.2 Å². The number of pyridine rings is 1. The van der Waals surface area contributed by atoms with Crippen LogP contribution in [0.2, 0.25) is 0 Å². The SMILES string of the molecule is Cn1cc(C(F)(F)F)c2c(O)cccc2c1=O. The summed E-state index contributed by atoms with van der Waals surface area (Å²) in [4.78, 5) is 11.6. The fraction of sp³-hybridized carbons (Fsp3) is 0.182. The number of hydrogen-bond donors (Lipinski definition) is 1. The Morgan fingerprint density at radius 2 is 1.94 bits per heavy atom. The second kappa shape index (κ2) is 3.51. The Bertz CT molecular complexity index is 643. The number of alkyl halides is 3. The second-order valence-electron chi connectivity index (χ2n) is 3.66. The van der Waals surface area contributed by atoms with E-state index in [1.165, 1.54) is 19.2 Å². The molecule has 0 radical (unpaired) electrons. The molecule has 6 heteroatoms. The number of aromatic hydroxyl groups is 1. The van der Waals surface area contributed by atoms with Gasteiger partial charge in [0.05, 0.1) is 10.9 Å². The largest absolute Gasteiger partial charge is 0.507 e. The van der Waals surface area contributed by atoms with Gasteiger partial charge in [-0.3, -0.25) is 4.79 Å². The van der Waals surface area contributed by atoms with Crippen LogP contribution in [0.5, 0.6) is 5.75 Å². The first kappa shape index (κ1) is 11.5. The molecule has 1 aromatic carbocycles. The van der Waals surface area contributed by atoms with Gasteiger partial charge in [0.1, 0.15) is 5.75 Å². The minimum absolute atomic E-state index is 0.151. The highest BCUT2D eigenvalue weighted by atomic mass is 19.4. The van der Waals surface area contributed by atoms with Crippen molar-refractivity contribution in [2.45, 2.75) is 6.18 Å². The zero-order valence-corrected chi connectivity index (χ0v) is 8.75. The van der Waals surface area contributed by atoms with E-state index in [-0.39, 0.29) is 5.39 Å². The summed E-state index contributed by atoms with van der Waals surface area (Å²) in [6.45, 7) is 0. The van der Waals surface area contributed by atoms with Crippen molar-refractivity contribution in [3.8, 4) is 5.75 Å². The standard InChI is InChI=1S/C11H8F3NO2/c1-15-5-7(11(12,13)14)9-6(10(15)17)3-2-4-8(9)16/h2-5,16H,1H3. The molecular weight excluding hydrogens is 235 g/mol. The average Bonchev–Trinajstić information content (AvgIpc) is 2.22. The molecule has 0 fully saturated rings. The Kier molecular flexibility index (Phi) is 2.38. The quantitative estimate of drug-likeness (QED) is 0.771. The lowest BCUT2D eigenvalue weighted by molar-refractivity contribution is -0.136. The first-order chi connectivity index (χ1) is 7.82. The molecule has 0 bridgehead atoms. The first-order valence-corrected chi connectivity index (χ1v) is 4.71. The fourth-order valence-electron chi connectivity index (χ4n) is 1.72. The van der Waals surface area contributed by atoms with Crippen LogP contribution in [0.3, 0.4) is 0 Å². The van der Waals surface area contributed by atoms with Crippen LogP contribution >= 0.6 is 0 Å². The van der Waals surface area contributed by atoms with E-state index in [1.54, 1.807) is 0 Å². The minimum Gasteiger partial charge on any atom is -0.507 e. The lowest BCUT2D eigenvalue weighted by Gasteiger charge is -2.12. The van der Waals surface area contributed by atoms with Crippen molar-refractivity contribution in [2.24, 2.45) is 7.05 Å². The van der Waals surface area contributed by atoms with Gasteiger partial charge in [-0.15, -0.1) is 0 Å². The zero-order valence-electron chi connectivity index (χ0n) is 8.75. The van der Waals surface area contributed by atoms with Crippen molar-refractivity contribution < 1.29 is 18.3 Å². The number of fused-ring (bicyclic) bond motifs is 1. The number of rotatable bonds is 0. The van der Waals surface area contributed by atoms with Crippen molar-refractivity contribution in [3.63, 3.8) is 0 Å². The van der Waals surface area contributed by atoms with Gasteiger partial charge in [-0.2, -0.15) is 13.2 Å². The Morgan fingerprint density at radius 1 is 1.29 bits per heavy atom. The molecule has 0 spiro atoms. The van der Waals surface area contributed by atoms with Gasteiger partial charge in [-0.25, -0.2) is 0 Å². The van der Waals surface area contributed by atoms with Crippen LogP contribution in [0.15, 0.2) is 29.2 Å². The molecule has 2 aromatic rings. The number of phenols is 1. The van der Waals surface area contributed by atoms with Gasteiger partial charge in [0.15, 0.2) is 0 Å². The van der Waals surface area contributed by atoms with Crippen LogP contribution in [-0.4, -0.2) is 9.67 Å². The predicted octanol–water partition coefficient (Wildman–Crippen LogP) is 2.26.